The normalized spacial score (nSPS) is 15.5. The molecular formula is C10H10F2N2O2. The highest BCUT2D eigenvalue weighted by molar-refractivity contribution is 5.94. The third kappa shape index (κ3) is 1.83. The van der Waals surface area contributed by atoms with Crippen molar-refractivity contribution in [2.24, 2.45) is 0 Å². The fourth-order valence-electron chi connectivity index (χ4n) is 1.51. The first-order chi connectivity index (χ1) is 7.59. The van der Waals surface area contributed by atoms with Gasteiger partial charge in [0.1, 0.15) is 5.82 Å². The molecule has 1 aliphatic rings. The van der Waals surface area contributed by atoms with Crippen molar-refractivity contribution < 1.29 is 18.4 Å². The predicted molar refractivity (Wildman–Crippen MR) is 52.4 cm³/mol. The summed E-state index contributed by atoms with van der Waals surface area (Å²) in [5.41, 5.74) is 4.44. The molecule has 6 heteroatoms. The van der Waals surface area contributed by atoms with Gasteiger partial charge in [0.05, 0.1) is 24.4 Å². The molecule has 0 atom stereocenters. The van der Waals surface area contributed by atoms with Gasteiger partial charge in [-0.3, -0.25) is 9.63 Å². The van der Waals surface area contributed by atoms with Crippen molar-refractivity contribution in [2.75, 3.05) is 18.9 Å². The summed E-state index contributed by atoms with van der Waals surface area (Å²) in [4.78, 5) is 16.7. The zero-order chi connectivity index (χ0) is 11.7. The molecule has 0 aromatic heterocycles. The molecule has 1 aromatic rings. The van der Waals surface area contributed by atoms with Gasteiger partial charge < -0.3 is 5.73 Å². The number of hydrogen-bond acceptors (Lipinski definition) is 3. The summed E-state index contributed by atoms with van der Waals surface area (Å²) in [6.07, 6.45) is 0.679. The van der Waals surface area contributed by atoms with Crippen molar-refractivity contribution in [3.8, 4) is 0 Å². The van der Waals surface area contributed by atoms with E-state index in [9.17, 15) is 13.6 Å². The molecule has 0 aliphatic carbocycles. The zero-order valence-electron chi connectivity index (χ0n) is 8.37. The van der Waals surface area contributed by atoms with Crippen LogP contribution >= 0.6 is 0 Å². The van der Waals surface area contributed by atoms with E-state index >= 15 is 0 Å². The third-order valence-electron chi connectivity index (χ3n) is 2.28. The summed E-state index contributed by atoms with van der Waals surface area (Å²) in [6, 6.07) is 1.65. The highest BCUT2D eigenvalue weighted by Crippen LogP contribution is 2.20. The van der Waals surface area contributed by atoms with Gasteiger partial charge in [-0.2, -0.15) is 0 Å². The minimum atomic E-state index is -0.915. The van der Waals surface area contributed by atoms with Crippen LogP contribution in [-0.4, -0.2) is 24.1 Å². The molecule has 0 saturated carbocycles. The Morgan fingerprint density at radius 2 is 2.19 bits per heavy atom. The monoisotopic (exact) mass is 228 g/mol. The fraction of sp³-hybridized carbons (Fsp3) is 0.300. The smallest absolute Gasteiger partial charge is 0.280 e. The topological polar surface area (TPSA) is 55.6 Å². The Morgan fingerprint density at radius 3 is 2.81 bits per heavy atom. The highest BCUT2D eigenvalue weighted by Gasteiger charge is 2.25. The quantitative estimate of drug-likeness (QED) is 0.737. The van der Waals surface area contributed by atoms with Crippen LogP contribution in [-0.2, 0) is 4.84 Å². The molecule has 0 spiro atoms. The number of hydrogen-bond donors (Lipinski definition) is 1. The second kappa shape index (κ2) is 4.05. The van der Waals surface area contributed by atoms with Gasteiger partial charge in [0.25, 0.3) is 5.91 Å². The SMILES string of the molecule is Nc1cc(F)cc(C(=O)N2CCCO2)c1F. The van der Waals surface area contributed by atoms with Gasteiger partial charge >= 0.3 is 0 Å². The minimum Gasteiger partial charge on any atom is -0.396 e. The molecule has 2 rings (SSSR count). The van der Waals surface area contributed by atoms with Crippen LogP contribution in [0.15, 0.2) is 12.1 Å². The Hall–Kier alpha value is -1.69. The number of nitrogen functional groups attached to an aromatic ring is 1. The maximum Gasteiger partial charge on any atom is 0.280 e. The molecule has 1 aliphatic heterocycles. The van der Waals surface area contributed by atoms with Crippen LogP contribution in [0.4, 0.5) is 14.5 Å². The number of carbonyl (C=O) groups is 1. The van der Waals surface area contributed by atoms with Crippen LogP contribution < -0.4 is 5.73 Å². The zero-order valence-corrected chi connectivity index (χ0v) is 8.37. The van der Waals surface area contributed by atoms with Gasteiger partial charge in [-0.15, -0.1) is 0 Å². The number of nitrogens with two attached hydrogens (primary N) is 1. The molecule has 0 unspecified atom stereocenters. The van der Waals surface area contributed by atoms with E-state index < -0.39 is 23.1 Å². The maximum atomic E-state index is 13.5. The van der Waals surface area contributed by atoms with E-state index in [1.165, 1.54) is 0 Å². The molecule has 1 aromatic carbocycles. The molecule has 0 bridgehead atoms. The van der Waals surface area contributed by atoms with Crippen molar-refractivity contribution >= 4 is 11.6 Å². The molecule has 1 fully saturated rings. The third-order valence-corrected chi connectivity index (χ3v) is 2.28. The molecule has 2 N–H and O–H groups in total. The summed E-state index contributed by atoms with van der Waals surface area (Å²) < 4.78 is 26.5. The van der Waals surface area contributed by atoms with Crippen molar-refractivity contribution in [1.29, 1.82) is 0 Å². The lowest BCUT2D eigenvalue weighted by Gasteiger charge is -2.14. The van der Waals surface area contributed by atoms with E-state index in [-0.39, 0.29) is 5.69 Å². The average molecular weight is 228 g/mol. The molecule has 1 heterocycles. The lowest BCUT2D eigenvalue weighted by atomic mass is 10.1. The molecule has 1 saturated heterocycles. The first-order valence-electron chi connectivity index (χ1n) is 4.79. The molecule has 0 radical (unpaired) electrons. The number of carbonyl (C=O) groups excluding carboxylic acids is 1. The number of anilines is 1. The van der Waals surface area contributed by atoms with Crippen LogP contribution in [0.2, 0.25) is 0 Å². The molecule has 16 heavy (non-hydrogen) atoms. The first-order valence-corrected chi connectivity index (χ1v) is 4.79. The van der Waals surface area contributed by atoms with E-state index in [1.807, 2.05) is 0 Å². The highest BCUT2D eigenvalue weighted by atomic mass is 19.1. The van der Waals surface area contributed by atoms with Crippen LogP contribution in [0.25, 0.3) is 0 Å². The largest absolute Gasteiger partial charge is 0.396 e. The lowest BCUT2D eigenvalue weighted by Crippen LogP contribution is -2.27. The van der Waals surface area contributed by atoms with Gasteiger partial charge in [-0.25, -0.2) is 13.8 Å². The lowest BCUT2D eigenvalue weighted by molar-refractivity contribution is -0.0771. The van der Waals surface area contributed by atoms with Crippen LogP contribution in [0, 0.1) is 11.6 Å². The van der Waals surface area contributed by atoms with Crippen LogP contribution in [0.5, 0.6) is 0 Å². The fourth-order valence-corrected chi connectivity index (χ4v) is 1.51. The summed E-state index contributed by atoms with van der Waals surface area (Å²) in [5, 5.41) is 1.01. The Kier molecular flexibility index (Phi) is 2.74. The summed E-state index contributed by atoms with van der Waals surface area (Å²) in [5.74, 6) is -2.37. The second-order valence-electron chi connectivity index (χ2n) is 3.45. The van der Waals surface area contributed by atoms with Gasteiger partial charge in [-0.1, -0.05) is 0 Å². The second-order valence-corrected chi connectivity index (χ2v) is 3.45. The van der Waals surface area contributed by atoms with Crippen molar-refractivity contribution in [1.82, 2.24) is 5.06 Å². The molecule has 86 valence electrons. The van der Waals surface area contributed by atoms with Gasteiger partial charge in [0.2, 0.25) is 0 Å². The first kappa shape index (κ1) is 10.8. The maximum absolute atomic E-state index is 13.5. The van der Waals surface area contributed by atoms with Gasteiger partial charge in [-0.05, 0) is 18.6 Å². The Morgan fingerprint density at radius 1 is 1.44 bits per heavy atom. The van der Waals surface area contributed by atoms with Crippen molar-refractivity contribution in [3.05, 3.63) is 29.3 Å². The van der Waals surface area contributed by atoms with Crippen molar-refractivity contribution in [3.63, 3.8) is 0 Å². The van der Waals surface area contributed by atoms with Crippen molar-refractivity contribution in [2.45, 2.75) is 6.42 Å². The number of hydroxylamine groups is 2. The average Bonchev–Trinajstić information content (AvgIpc) is 2.75. The minimum absolute atomic E-state index is 0.370. The standard InChI is InChI=1S/C10H10F2N2O2/c11-6-4-7(9(12)8(13)5-6)10(15)14-2-1-3-16-14/h4-5H,1-3,13H2. The molecule has 4 nitrogen and oxygen atoms in total. The van der Waals surface area contributed by atoms with E-state index in [4.69, 9.17) is 10.6 Å². The number of amides is 1. The summed E-state index contributed by atoms with van der Waals surface area (Å²) in [6.45, 7) is 0.771. The van der Waals surface area contributed by atoms with Gasteiger partial charge in [0.15, 0.2) is 5.82 Å². The number of rotatable bonds is 1. The van der Waals surface area contributed by atoms with E-state index in [1.54, 1.807) is 0 Å². The number of benzene rings is 1. The Balaban J connectivity index is 2.35. The summed E-state index contributed by atoms with van der Waals surface area (Å²) in [7, 11) is 0. The van der Waals surface area contributed by atoms with Crippen LogP contribution in [0.3, 0.4) is 0 Å². The van der Waals surface area contributed by atoms with E-state index in [0.717, 1.165) is 17.2 Å². The van der Waals surface area contributed by atoms with E-state index in [2.05, 4.69) is 0 Å². The van der Waals surface area contributed by atoms with Crippen LogP contribution in [0.1, 0.15) is 16.8 Å². The predicted octanol–water partition coefficient (Wildman–Crippen LogP) is 1.32. The van der Waals surface area contributed by atoms with Gasteiger partial charge in [0, 0.05) is 0 Å². The molecular weight excluding hydrogens is 218 g/mol. The number of halogens is 2. The molecule has 1 amide bonds. The van der Waals surface area contributed by atoms with E-state index in [0.29, 0.717) is 19.6 Å². The Labute approximate surface area is 90.5 Å². The Bertz CT molecular complexity index is 431. The summed E-state index contributed by atoms with van der Waals surface area (Å²) >= 11 is 0. The number of nitrogens with zero attached hydrogens (tertiary/aromatic N) is 1.